The van der Waals surface area contributed by atoms with Gasteiger partial charge in [-0.15, -0.1) is 0 Å². The van der Waals surface area contributed by atoms with Crippen LogP contribution in [0.1, 0.15) is 47.4 Å². The summed E-state index contributed by atoms with van der Waals surface area (Å²) in [5.74, 6) is -0.582. The highest BCUT2D eigenvalue weighted by Crippen LogP contribution is 2.18. The van der Waals surface area contributed by atoms with Crippen LogP contribution in [-0.2, 0) is 6.42 Å². The number of furan rings is 1. The molecule has 1 aromatic heterocycles. The van der Waals surface area contributed by atoms with Crippen LogP contribution in [0.25, 0.3) is 0 Å². The number of rotatable bonds is 5. The van der Waals surface area contributed by atoms with Gasteiger partial charge in [0.15, 0.2) is 5.76 Å². The molecule has 5 nitrogen and oxygen atoms in total. The van der Waals surface area contributed by atoms with E-state index in [9.17, 15) is 9.59 Å². The van der Waals surface area contributed by atoms with Gasteiger partial charge in [-0.25, -0.2) is 4.79 Å². The van der Waals surface area contributed by atoms with Crippen LogP contribution in [0, 0.1) is 5.92 Å². The lowest BCUT2D eigenvalue weighted by atomic mass is 10.2. The first-order chi connectivity index (χ1) is 8.36. The average molecular weight is 253 g/mol. The lowest BCUT2D eigenvalue weighted by Crippen LogP contribution is -2.29. The fourth-order valence-electron chi connectivity index (χ4n) is 1.80. The van der Waals surface area contributed by atoms with E-state index in [4.69, 9.17) is 9.52 Å². The third kappa shape index (κ3) is 3.12. The highest BCUT2D eigenvalue weighted by molar-refractivity contribution is 5.96. The van der Waals surface area contributed by atoms with Crippen LogP contribution in [-0.4, -0.2) is 35.5 Å². The van der Waals surface area contributed by atoms with Crippen LogP contribution >= 0.6 is 0 Å². The highest BCUT2D eigenvalue weighted by atomic mass is 16.4. The smallest absolute Gasteiger partial charge is 0.339 e. The normalized spacial score (nSPS) is 10.7. The first-order valence-corrected chi connectivity index (χ1v) is 5.98. The molecule has 0 aromatic carbocycles. The van der Waals surface area contributed by atoms with Gasteiger partial charge in [-0.05, 0) is 5.92 Å². The molecule has 0 saturated heterocycles. The molecule has 0 bridgehead atoms. The summed E-state index contributed by atoms with van der Waals surface area (Å²) in [6.45, 7) is 6.40. The van der Waals surface area contributed by atoms with Crippen molar-refractivity contribution in [2.45, 2.75) is 27.2 Å². The topological polar surface area (TPSA) is 70.8 Å². The summed E-state index contributed by atoms with van der Waals surface area (Å²) in [4.78, 5) is 24.5. The van der Waals surface area contributed by atoms with Crippen molar-refractivity contribution in [3.05, 3.63) is 23.2 Å². The molecule has 1 N–H and O–H groups in total. The summed E-state index contributed by atoms with van der Waals surface area (Å²) in [5.41, 5.74) is 0.0683. The van der Waals surface area contributed by atoms with Crippen molar-refractivity contribution in [1.29, 1.82) is 0 Å². The zero-order valence-electron chi connectivity index (χ0n) is 11.2. The number of amides is 1. The number of carboxylic acids is 1. The van der Waals surface area contributed by atoms with E-state index in [-0.39, 0.29) is 17.2 Å². The van der Waals surface area contributed by atoms with E-state index in [2.05, 4.69) is 0 Å². The van der Waals surface area contributed by atoms with Gasteiger partial charge in [0, 0.05) is 26.1 Å². The predicted octanol–water partition coefficient (Wildman–Crippen LogP) is 2.27. The highest BCUT2D eigenvalue weighted by Gasteiger charge is 2.22. The van der Waals surface area contributed by atoms with E-state index in [1.54, 1.807) is 14.0 Å². The van der Waals surface area contributed by atoms with E-state index in [1.807, 2.05) is 13.8 Å². The van der Waals surface area contributed by atoms with Gasteiger partial charge in [-0.2, -0.15) is 0 Å². The maximum Gasteiger partial charge on any atom is 0.339 e. The lowest BCUT2D eigenvalue weighted by Gasteiger charge is -2.17. The Hall–Kier alpha value is -1.78. The zero-order chi connectivity index (χ0) is 13.9. The summed E-state index contributed by atoms with van der Waals surface area (Å²) in [7, 11) is 1.68. The Morgan fingerprint density at radius 3 is 2.44 bits per heavy atom. The van der Waals surface area contributed by atoms with Crippen molar-refractivity contribution in [2.75, 3.05) is 13.6 Å². The first-order valence-electron chi connectivity index (χ1n) is 5.98. The van der Waals surface area contributed by atoms with E-state index >= 15 is 0 Å². The molecule has 1 aromatic rings. The van der Waals surface area contributed by atoms with Gasteiger partial charge in [0.05, 0.1) is 0 Å². The minimum atomic E-state index is -1.07. The number of aryl methyl sites for hydroxylation is 1. The van der Waals surface area contributed by atoms with Crippen molar-refractivity contribution < 1.29 is 19.1 Å². The van der Waals surface area contributed by atoms with E-state index in [1.165, 1.54) is 11.0 Å². The molecule has 100 valence electrons. The lowest BCUT2D eigenvalue weighted by molar-refractivity contribution is 0.0692. The maximum atomic E-state index is 12.0. The van der Waals surface area contributed by atoms with Crippen LogP contribution in [0.5, 0.6) is 0 Å². The Labute approximate surface area is 106 Å². The number of hydrogen-bond donors (Lipinski definition) is 1. The van der Waals surface area contributed by atoms with E-state index in [0.717, 1.165) is 0 Å². The van der Waals surface area contributed by atoms with Gasteiger partial charge in [-0.3, -0.25) is 4.79 Å². The van der Waals surface area contributed by atoms with Crippen LogP contribution in [0.15, 0.2) is 10.5 Å². The van der Waals surface area contributed by atoms with Crippen LogP contribution < -0.4 is 0 Å². The Bertz CT molecular complexity index is 448. The Balaban J connectivity index is 2.96. The number of nitrogens with zero attached hydrogens (tertiary/aromatic N) is 1. The average Bonchev–Trinajstić information content (AvgIpc) is 2.70. The molecule has 1 heterocycles. The van der Waals surface area contributed by atoms with Crippen molar-refractivity contribution in [1.82, 2.24) is 4.90 Å². The first kappa shape index (κ1) is 14.3. The molecular formula is C13H19NO4. The summed E-state index contributed by atoms with van der Waals surface area (Å²) in [6.07, 6.45) is 0.447. The molecule has 0 spiro atoms. The fourth-order valence-corrected chi connectivity index (χ4v) is 1.80. The SMILES string of the molecule is CCc1oc(C(=O)N(C)CC(C)C)cc1C(=O)O. The summed E-state index contributed by atoms with van der Waals surface area (Å²) < 4.78 is 5.32. The summed E-state index contributed by atoms with van der Waals surface area (Å²) in [6, 6.07) is 1.31. The van der Waals surface area contributed by atoms with E-state index < -0.39 is 5.97 Å². The number of carbonyl (C=O) groups is 2. The molecule has 0 atom stereocenters. The summed E-state index contributed by atoms with van der Waals surface area (Å²) >= 11 is 0. The minimum absolute atomic E-state index is 0.0683. The molecule has 0 aliphatic carbocycles. The molecular weight excluding hydrogens is 234 g/mol. The molecule has 18 heavy (non-hydrogen) atoms. The second-order valence-corrected chi connectivity index (χ2v) is 4.69. The second kappa shape index (κ2) is 5.71. The molecule has 0 fully saturated rings. The third-order valence-corrected chi connectivity index (χ3v) is 2.56. The van der Waals surface area contributed by atoms with Gasteiger partial charge in [-0.1, -0.05) is 20.8 Å². The van der Waals surface area contributed by atoms with Crippen molar-refractivity contribution >= 4 is 11.9 Å². The molecule has 0 radical (unpaired) electrons. The summed E-state index contributed by atoms with van der Waals surface area (Å²) in [5, 5.41) is 8.99. The molecule has 0 unspecified atom stereocenters. The van der Waals surface area contributed by atoms with Gasteiger partial charge >= 0.3 is 5.97 Å². The number of hydrogen-bond acceptors (Lipinski definition) is 3. The molecule has 0 aliphatic heterocycles. The van der Waals surface area contributed by atoms with Gasteiger partial charge in [0.25, 0.3) is 5.91 Å². The van der Waals surface area contributed by atoms with Crippen LogP contribution in [0.3, 0.4) is 0 Å². The molecule has 1 amide bonds. The third-order valence-electron chi connectivity index (χ3n) is 2.56. The van der Waals surface area contributed by atoms with Crippen molar-refractivity contribution in [3.63, 3.8) is 0 Å². The standard InChI is InChI=1S/C13H19NO4/c1-5-10-9(13(16)17)6-11(18-10)12(15)14(4)7-8(2)3/h6,8H,5,7H2,1-4H3,(H,16,17). The molecule has 0 saturated carbocycles. The monoisotopic (exact) mass is 253 g/mol. The van der Waals surface area contributed by atoms with Crippen LogP contribution in [0.4, 0.5) is 0 Å². The van der Waals surface area contributed by atoms with Crippen molar-refractivity contribution in [3.8, 4) is 0 Å². The minimum Gasteiger partial charge on any atom is -0.478 e. The van der Waals surface area contributed by atoms with Crippen molar-refractivity contribution in [2.24, 2.45) is 5.92 Å². The number of carboxylic acid groups (broad SMARTS) is 1. The number of carbonyl (C=O) groups excluding carboxylic acids is 1. The number of aromatic carboxylic acids is 1. The quantitative estimate of drug-likeness (QED) is 0.873. The van der Waals surface area contributed by atoms with Gasteiger partial charge in [0.2, 0.25) is 0 Å². The van der Waals surface area contributed by atoms with Crippen LogP contribution in [0.2, 0.25) is 0 Å². The Morgan fingerprint density at radius 1 is 1.44 bits per heavy atom. The zero-order valence-corrected chi connectivity index (χ0v) is 11.2. The van der Waals surface area contributed by atoms with Gasteiger partial charge < -0.3 is 14.4 Å². The fraction of sp³-hybridized carbons (Fsp3) is 0.538. The maximum absolute atomic E-state index is 12.0. The Morgan fingerprint density at radius 2 is 2.06 bits per heavy atom. The molecule has 1 rings (SSSR count). The van der Waals surface area contributed by atoms with E-state index in [0.29, 0.717) is 24.6 Å². The second-order valence-electron chi connectivity index (χ2n) is 4.69. The molecule has 5 heteroatoms. The largest absolute Gasteiger partial charge is 0.478 e. The van der Waals surface area contributed by atoms with Gasteiger partial charge in [0.1, 0.15) is 11.3 Å². The Kier molecular flexibility index (Phi) is 4.53. The molecule has 0 aliphatic rings. The predicted molar refractivity (Wildman–Crippen MR) is 66.8 cm³/mol.